The summed E-state index contributed by atoms with van der Waals surface area (Å²) in [5, 5.41) is 10.2. The van der Waals surface area contributed by atoms with Gasteiger partial charge in [0.2, 0.25) is 0 Å². The molecule has 2 fully saturated rings. The summed E-state index contributed by atoms with van der Waals surface area (Å²) in [4.78, 5) is 16.7. The van der Waals surface area contributed by atoms with Crippen LogP contribution in [0, 0.1) is 11.8 Å². The third kappa shape index (κ3) is 4.59. The Hall–Kier alpha value is -2.92. The largest absolute Gasteiger partial charge is 0.418 e. The molecule has 0 amide bonds. The molecule has 0 N–H and O–H groups in total. The third-order valence-corrected chi connectivity index (χ3v) is 9.12. The van der Waals surface area contributed by atoms with Gasteiger partial charge in [-0.1, -0.05) is 13.3 Å². The summed E-state index contributed by atoms with van der Waals surface area (Å²) in [5.41, 5.74) is -0.336. The molecule has 0 spiro atoms. The summed E-state index contributed by atoms with van der Waals surface area (Å²) in [6.07, 6.45) is 5.52. The lowest BCUT2D eigenvalue weighted by Crippen LogP contribution is -2.34. The van der Waals surface area contributed by atoms with Crippen LogP contribution in [0.3, 0.4) is 0 Å². The van der Waals surface area contributed by atoms with Crippen LogP contribution in [-0.2, 0) is 19.8 Å². The molecule has 2 atom stereocenters. The summed E-state index contributed by atoms with van der Waals surface area (Å²) in [5.74, 6) is 1.86. The van der Waals surface area contributed by atoms with Crippen LogP contribution in [0.2, 0.25) is 0 Å². The van der Waals surface area contributed by atoms with Crippen molar-refractivity contribution >= 4 is 16.9 Å². The Kier molecular flexibility index (Phi) is 6.46. The molecule has 0 unspecified atom stereocenters. The number of aryl methyl sites for hydroxylation is 1. The van der Waals surface area contributed by atoms with Crippen molar-refractivity contribution in [3.63, 3.8) is 0 Å². The van der Waals surface area contributed by atoms with Crippen LogP contribution in [-0.4, -0.2) is 41.7 Å². The van der Waals surface area contributed by atoms with E-state index >= 15 is 0 Å². The van der Waals surface area contributed by atoms with E-state index in [1.165, 1.54) is 34.6 Å². The molecule has 4 aromatic rings. The van der Waals surface area contributed by atoms with Gasteiger partial charge in [0.1, 0.15) is 12.2 Å². The Labute approximate surface area is 222 Å². The zero-order valence-electron chi connectivity index (χ0n) is 21.5. The SMILES string of the molecule is C[C@H]1CCCN(Cc2cc(C(F)(F)F)c3cn(-c4csc([C@H](c5nncn5C)C5CCC5)c4)c(=O)n3c2)C1. The van der Waals surface area contributed by atoms with E-state index in [1.807, 2.05) is 23.1 Å². The highest BCUT2D eigenvalue weighted by Crippen LogP contribution is 2.44. The number of likely N-dealkylation sites (tertiary alicyclic amines) is 1. The zero-order chi connectivity index (χ0) is 26.6. The predicted octanol–water partition coefficient (Wildman–Crippen LogP) is 5.46. The molecule has 7 nitrogen and oxygen atoms in total. The van der Waals surface area contributed by atoms with Crippen LogP contribution in [0.1, 0.15) is 66.8 Å². The normalized spacial score (nSPS) is 20.2. The number of fused-ring (bicyclic) bond motifs is 1. The molecule has 0 radical (unpaired) electrons. The van der Waals surface area contributed by atoms with Gasteiger partial charge >= 0.3 is 11.9 Å². The second kappa shape index (κ2) is 9.68. The average Bonchev–Trinajstić information content (AvgIpc) is 3.55. The van der Waals surface area contributed by atoms with Crippen LogP contribution in [0.5, 0.6) is 0 Å². The number of thiophene rings is 1. The molecule has 1 aliphatic heterocycles. The Bertz CT molecular complexity index is 1510. The van der Waals surface area contributed by atoms with Crippen molar-refractivity contribution in [2.24, 2.45) is 18.9 Å². The highest BCUT2D eigenvalue weighted by molar-refractivity contribution is 7.10. The van der Waals surface area contributed by atoms with Crippen molar-refractivity contribution in [3.05, 3.63) is 68.5 Å². The number of nitrogens with zero attached hydrogens (tertiary/aromatic N) is 6. The molecule has 1 aliphatic carbocycles. The standard InChI is InChI=1S/C27H31F3N6OS/c1-17-5-4-8-34(11-17)12-18-9-21(27(28,29)30)22-14-35(26(37)36(22)13-18)20-10-23(38-15-20)24(19-6-3-7-19)25-32-31-16-33(25)2/h9-10,13-17,19,24H,3-8,11-12H2,1-2H3/t17-,24+/m0/s1. The van der Waals surface area contributed by atoms with Gasteiger partial charge in [-0.05, 0) is 61.8 Å². The van der Waals surface area contributed by atoms with Crippen LogP contribution >= 0.6 is 11.3 Å². The topological polar surface area (TPSA) is 60.4 Å². The maximum Gasteiger partial charge on any atom is 0.418 e. The van der Waals surface area contributed by atoms with Gasteiger partial charge in [-0.2, -0.15) is 13.2 Å². The Morgan fingerprint density at radius 2 is 1.97 bits per heavy atom. The van der Waals surface area contributed by atoms with Crippen molar-refractivity contribution in [2.75, 3.05) is 13.1 Å². The molecular formula is C27H31F3N6OS. The molecule has 0 bridgehead atoms. The third-order valence-electron chi connectivity index (χ3n) is 8.11. The van der Waals surface area contributed by atoms with E-state index in [1.54, 1.807) is 12.5 Å². The second-order valence-corrected chi connectivity index (χ2v) is 11.9. The molecule has 1 saturated heterocycles. The van der Waals surface area contributed by atoms with E-state index in [-0.39, 0.29) is 11.4 Å². The monoisotopic (exact) mass is 544 g/mol. The first-order chi connectivity index (χ1) is 18.2. The number of halogens is 3. The van der Waals surface area contributed by atoms with Gasteiger partial charge in [-0.25, -0.2) is 4.79 Å². The molecule has 1 saturated carbocycles. The van der Waals surface area contributed by atoms with Crippen molar-refractivity contribution in [3.8, 4) is 5.69 Å². The zero-order valence-corrected chi connectivity index (χ0v) is 22.3. The summed E-state index contributed by atoms with van der Waals surface area (Å²) in [6.45, 7) is 4.26. The summed E-state index contributed by atoms with van der Waals surface area (Å²) < 4.78 is 46.9. The molecular weight excluding hydrogens is 513 g/mol. The smallest absolute Gasteiger partial charge is 0.320 e. The minimum Gasteiger partial charge on any atom is -0.320 e. The molecule has 4 aromatic heterocycles. The Morgan fingerprint density at radius 3 is 2.63 bits per heavy atom. The predicted molar refractivity (Wildman–Crippen MR) is 140 cm³/mol. The fourth-order valence-electron chi connectivity index (χ4n) is 5.98. The fraction of sp³-hybridized carbons (Fsp3) is 0.519. The van der Waals surface area contributed by atoms with E-state index < -0.39 is 17.4 Å². The van der Waals surface area contributed by atoms with Gasteiger partial charge in [0, 0.05) is 42.8 Å². The quantitative estimate of drug-likeness (QED) is 0.323. The number of imidazole rings is 1. The van der Waals surface area contributed by atoms with Gasteiger partial charge in [0.15, 0.2) is 0 Å². The molecule has 38 heavy (non-hydrogen) atoms. The van der Waals surface area contributed by atoms with E-state index in [9.17, 15) is 18.0 Å². The first kappa shape index (κ1) is 25.4. The van der Waals surface area contributed by atoms with Gasteiger partial charge in [-0.15, -0.1) is 21.5 Å². The number of hydrogen-bond acceptors (Lipinski definition) is 5. The highest BCUT2D eigenvalue weighted by atomic mass is 32.1. The van der Waals surface area contributed by atoms with E-state index in [4.69, 9.17) is 0 Å². The minimum absolute atomic E-state index is 0.0482. The van der Waals surface area contributed by atoms with Crippen molar-refractivity contribution in [1.82, 2.24) is 28.6 Å². The van der Waals surface area contributed by atoms with Crippen LogP contribution in [0.4, 0.5) is 13.2 Å². The lowest BCUT2D eigenvalue weighted by atomic mass is 9.75. The summed E-state index contributed by atoms with van der Waals surface area (Å²) >= 11 is 1.51. The Balaban J connectivity index is 1.40. The number of hydrogen-bond donors (Lipinski definition) is 0. The van der Waals surface area contributed by atoms with Crippen molar-refractivity contribution in [1.29, 1.82) is 0 Å². The molecule has 2 aliphatic rings. The van der Waals surface area contributed by atoms with Crippen LogP contribution < -0.4 is 5.69 Å². The van der Waals surface area contributed by atoms with Crippen molar-refractivity contribution in [2.45, 2.75) is 57.7 Å². The van der Waals surface area contributed by atoms with E-state index in [2.05, 4.69) is 22.0 Å². The second-order valence-electron chi connectivity index (χ2n) is 11.0. The van der Waals surface area contributed by atoms with Crippen molar-refractivity contribution < 1.29 is 13.2 Å². The fourth-order valence-corrected chi connectivity index (χ4v) is 7.05. The molecule has 202 valence electrons. The van der Waals surface area contributed by atoms with E-state index in [0.29, 0.717) is 29.6 Å². The maximum absolute atomic E-state index is 14.2. The number of aromatic nitrogens is 5. The molecule has 5 heterocycles. The van der Waals surface area contributed by atoms with Crippen LogP contribution in [0.25, 0.3) is 11.2 Å². The number of pyridine rings is 1. The summed E-state index contributed by atoms with van der Waals surface area (Å²) in [7, 11) is 1.92. The van der Waals surface area contributed by atoms with Gasteiger partial charge in [0.05, 0.1) is 22.7 Å². The van der Waals surface area contributed by atoms with Gasteiger partial charge in [-0.3, -0.25) is 13.9 Å². The first-order valence-corrected chi connectivity index (χ1v) is 14.1. The average molecular weight is 545 g/mol. The lowest BCUT2D eigenvalue weighted by Gasteiger charge is -2.32. The van der Waals surface area contributed by atoms with Gasteiger partial charge in [0.25, 0.3) is 0 Å². The first-order valence-electron chi connectivity index (χ1n) is 13.2. The number of rotatable bonds is 6. The Morgan fingerprint density at radius 1 is 1.16 bits per heavy atom. The molecule has 0 aromatic carbocycles. The lowest BCUT2D eigenvalue weighted by molar-refractivity contribution is -0.136. The number of piperidine rings is 1. The van der Waals surface area contributed by atoms with Gasteiger partial charge < -0.3 is 4.57 Å². The molecule has 11 heteroatoms. The molecule has 6 rings (SSSR count). The summed E-state index contributed by atoms with van der Waals surface area (Å²) in [6, 6.07) is 3.13. The highest BCUT2D eigenvalue weighted by Gasteiger charge is 2.36. The van der Waals surface area contributed by atoms with Crippen LogP contribution in [0.15, 0.2) is 41.0 Å². The minimum atomic E-state index is -4.57. The maximum atomic E-state index is 14.2. The number of alkyl halides is 3. The van der Waals surface area contributed by atoms with E-state index in [0.717, 1.165) is 53.9 Å².